The number of carbonyl (C=O) groups excluding carboxylic acids is 1. The molecule has 2 rings (SSSR count). The van der Waals surface area contributed by atoms with Crippen LogP contribution in [0.3, 0.4) is 0 Å². The van der Waals surface area contributed by atoms with E-state index in [-0.39, 0.29) is 22.7 Å². The van der Waals surface area contributed by atoms with E-state index in [1.807, 2.05) is 31.2 Å². The molecule has 1 aliphatic heterocycles. The summed E-state index contributed by atoms with van der Waals surface area (Å²) >= 11 is 1.44. The van der Waals surface area contributed by atoms with E-state index in [0.29, 0.717) is 12.2 Å². The third-order valence-corrected chi connectivity index (χ3v) is 6.59. The van der Waals surface area contributed by atoms with Crippen LogP contribution in [0.4, 0.5) is 5.69 Å². The van der Waals surface area contributed by atoms with E-state index in [0.717, 1.165) is 17.7 Å². The summed E-state index contributed by atoms with van der Waals surface area (Å²) in [6.07, 6.45) is 1.52. The van der Waals surface area contributed by atoms with Crippen molar-refractivity contribution in [3.8, 4) is 0 Å². The van der Waals surface area contributed by atoms with Crippen molar-refractivity contribution >= 4 is 33.2 Å². The number of thioether (sulfide) groups is 1. The van der Waals surface area contributed by atoms with Crippen molar-refractivity contribution in [1.82, 2.24) is 0 Å². The third kappa shape index (κ3) is 4.24. The van der Waals surface area contributed by atoms with Crippen molar-refractivity contribution in [3.05, 3.63) is 29.8 Å². The summed E-state index contributed by atoms with van der Waals surface area (Å²) in [6.45, 7) is 2.04. The van der Waals surface area contributed by atoms with E-state index in [2.05, 4.69) is 5.32 Å². The second-order valence-corrected chi connectivity index (χ2v) is 8.41. The topological polar surface area (TPSA) is 63.2 Å². The Hall–Kier alpha value is -1.01. The molecule has 20 heavy (non-hydrogen) atoms. The van der Waals surface area contributed by atoms with Gasteiger partial charge in [-0.1, -0.05) is 25.1 Å². The van der Waals surface area contributed by atoms with E-state index in [1.165, 1.54) is 11.8 Å². The Kier molecular flexibility index (Phi) is 5.10. The molecule has 1 fully saturated rings. The number of rotatable bonds is 5. The van der Waals surface area contributed by atoms with Crippen LogP contribution < -0.4 is 5.32 Å². The van der Waals surface area contributed by atoms with Crippen LogP contribution >= 0.6 is 11.8 Å². The molecular weight excluding hydrogens is 294 g/mol. The van der Waals surface area contributed by atoms with Gasteiger partial charge >= 0.3 is 0 Å². The highest BCUT2D eigenvalue weighted by molar-refractivity contribution is 8.02. The number of hydrogen-bond donors (Lipinski definition) is 1. The Morgan fingerprint density at radius 1 is 1.40 bits per heavy atom. The van der Waals surface area contributed by atoms with Crippen molar-refractivity contribution in [3.63, 3.8) is 0 Å². The number of anilines is 1. The molecule has 1 aliphatic rings. The molecule has 0 spiro atoms. The highest BCUT2D eigenvalue weighted by Gasteiger charge is 2.28. The molecule has 1 heterocycles. The summed E-state index contributed by atoms with van der Waals surface area (Å²) in [5.41, 5.74) is 1.95. The molecule has 110 valence electrons. The number of amides is 1. The first kappa shape index (κ1) is 15.4. The summed E-state index contributed by atoms with van der Waals surface area (Å²) in [5, 5.41) is 2.96. The second kappa shape index (κ2) is 6.63. The Morgan fingerprint density at radius 2 is 2.15 bits per heavy atom. The number of benzene rings is 1. The van der Waals surface area contributed by atoms with Crippen LogP contribution in [0.25, 0.3) is 0 Å². The predicted octanol–water partition coefficient (Wildman–Crippen LogP) is 2.11. The van der Waals surface area contributed by atoms with E-state index >= 15 is 0 Å². The summed E-state index contributed by atoms with van der Waals surface area (Å²) in [7, 11) is -2.87. The summed E-state index contributed by atoms with van der Waals surface area (Å²) in [6, 6.07) is 7.73. The first-order valence-corrected chi connectivity index (χ1v) is 9.57. The van der Waals surface area contributed by atoms with E-state index in [1.54, 1.807) is 0 Å². The monoisotopic (exact) mass is 313 g/mol. The highest BCUT2D eigenvalue weighted by atomic mass is 32.2. The molecule has 6 heteroatoms. The lowest BCUT2D eigenvalue weighted by Gasteiger charge is -2.11. The van der Waals surface area contributed by atoms with Crippen molar-refractivity contribution in [2.75, 3.05) is 22.6 Å². The largest absolute Gasteiger partial charge is 0.325 e. The molecule has 1 atom stereocenters. The zero-order chi connectivity index (χ0) is 14.6. The molecule has 4 nitrogen and oxygen atoms in total. The number of aryl methyl sites for hydroxylation is 1. The van der Waals surface area contributed by atoms with E-state index in [4.69, 9.17) is 0 Å². The molecule has 1 aromatic carbocycles. The molecule has 0 unspecified atom stereocenters. The lowest BCUT2D eigenvalue weighted by Crippen LogP contribution is -2.18. The van der Waals surface area contributed by atoms with Gasteiger partial charge in [0.15, 0.2) is 9.84 Å². The molecule has 0 saturated carbocycles. The van der Waals surface area contributed by atoms with Gasteiger partial charge in [-0.05, 0) is 24.5 Å². The van der Waals surface area contributed by atoms with Gasteiger partial charge in [0.25, 0.3) is 0 Å². The van der Waals surface area contributed by atoms with Gasteiger partial charge in [0.2, 0.25) is 5.91 Å². The van der Waals surface area contributed by atoms with Crippen molar-refractivity contribution in [2.45, 2.75) is 25.0 Å². The lowest BCUT2D eigenvalue weighted by molar-refractivity contribution is -0.113. The van der Waals surface area contributed by atoms with Crippen molar-refractivity contribution in [2.24, 2.45) is 0 Å². The summed E-state index contributed by atoms with van der Waals surface area (Å²) in [5.74, 6) is 0.694. The Labute approximate surface area is 124 Å². The molecule has 0 bridgehead atoms. The standard InChI is InChI=1S/C14H19NO3S2/c1-2-11-5-3-4-6-13(11)15-14(16)9-19-12-7-8-20(17,18)10-12/h3-6,12H,2,7-10H2,1H3,(H,15,16)/t12-/m1/s1. The maximum absolute atomic E-state index is 11.9. The average molecular weight is 313 g/mol. The minimum Gasteiger partial charge on any atom is -0.325 e. The van der Waals surface area contributed by atoms with E-state index in [9.17, 15) is 13.2 Å². The molecule has 0 radical (unpaired) electrons. The van der Waals surface area contributed by atoms with Crippen LogP contribution in [-0.4, -0.2) is 36.8 Å². The number of nitrogens with one attached hydrogen (secondary N) is 1. The Morgan fingerprint density at radius 3 is 2.80 bits per heavy atom. The fraction of sp³-hybridized carbons (Fsp3) is 0.500. The molecule has 0 aliphatic carbocycles. The van der Waals surface area contributed by atoms with Crippen LogP contribution in [0.5, 0.6) is 0 Å². The van der Waals surface area contributed by atoms with Crippen LogP contribution in [-0.2, 0) is 21.1 Å². The van der Waals surface area contributed by atoms with E-state index < -0.39 is 9.84 Å². The van der Waals surface area contributed by atoms with Gasteiger partial charge in [-0.25, -0.2) is 8.42 Å². The Bertz CT molecular complexity index is 584. The van der Waals surface area contributed by atoms with Gasteiger partial charge in [0.05, 0.1) is 17.3 Å². The lowest BCUT2D eigenvalue weighted by atomic mass is 10.1. The molecule has 1 aromatic rings. The van der Waals surface area contributed by atoms with Crippen LogP contribution in [0.15, 0.2) is 24.3 Å². The average Bonchev–Trinajstić information content (AvgIpc) is 2.77. The first-order chi connectivity index (χ1) is 9.50. The van der Waals surface area contributed by atoms with Gasteiger partial charge in [-0.3, -0.25) is 4.79 Å². The van der Waals surface area contributed by atoms with Gasteiger partial charge < -0.3 is 5.32 Å². The summed E-state index contributed by atoms with van der Waals surface area (Å²) < 4.78 is 22.7. The predicted molar refractivity (Wildman–Crippen MR) is 84.0 cm³/mol. The quantitative estimate of drug-likeness (QED) is 0.904. The van der Waals surface area contributed by atoms with Gasteiger partial charge in [-0.15, -0.1) is 11.8 Å². The van der Waals surface area contributed by atoms with Gasteiger partial charge in [0, 0.05) is 10.9 Å². The zero-order valence-corrected chi connectivity index (χ0v) is 13.1. The number of para-hydroxylation sites is 1. The smallest absolute Gasteiger partial charge is 0.234 e. The van der Waals surface area contributed by atoms with Crippen LogP contribution in [0.2, 0.25) is 0 Å². The SMILES string of the molecule is CCc1ccccc1NC(=O)CS[C@@H]1CCS(=O)(=O)C1. The number of sulfone groups is 1. The zero-order valence-electron chi connectivity index (χ0n) is 11.5. The normalized spacial score (nSPS) is 20.8. The molecule has 1 saturated heterocycles. The van der Waals surface area contributed by atoms with Crippen LogP contribution in [0, 0.1) is 0 Å². The molecule has 1 N–H and O–H groups in total. The molecular formula is C14H19NO3S2. The number of carbonyl (C=O) groups is 1. The van der Waals surface area contributed by atoms with Gasteiger partial charge in [-0.2, -0.15) is 0 Å². The fourth-order valence-corrected chi connectivity index (χ4v) is 5.67. The minimum absolute atomic E-state index is 0.0622. The Balaban J connectivity index is 1.84. The van der Waals surface area contributed by atoms with Crippen LogP contribution in [0.1, 0.15) is 18.9 Å². The summed E-state index contributed by atoms with van der Waals surface area (Å²) in [4.78, 5) is 11.9. The van der Waals surface area contributed by atoms with Crippen molar-refractivity contribution in [1.29, 1.82) is 0 Å². The first-order valence-electron chi connectivity index (χ1n) is 6.70. The maximum atomic E-state index is 11.9. The highest BCUT2D eigenvalue weighted by Crippen LogP contribution is 2.24. The number of hydrogen-bond acceptors (Lipinski definition) is 4. The second-order valence-electron chi connectivity index (χ2n) is 4.89. The maximum Gasteiger partial charge on any atom is 0.234 e. The molecule has 0 aromatic heterocycles. The van der Waals surface area contributed by atoms with Crippen molar-refractivity contribution < 1.29 is 13.2 Å². The van der Waals surface area contributed by atoms with Gasteiger partial charge in [0.1, 0.15) is 0 Å². The fourth-order valence-electron chi connectivity index (χ4n) is 2.22. The third-order valence-electron chi connectivity index (χ3n) is 3.31. The minimum atomic E-state index is -2.87. The molecule has 1 amide bonds.